The second-order valence-electron chi connectivity index (χ2n) is 9.79. The number of pyridine rings is 2. The van der Waals surface area contributed by atoms with Gasteiger partial charge < -0.3 is 20.4 Å². The Morgan fingerprint density at radius 2 is 1.81 bits per heavy atom. The van der Waals surface area contributed by atoms with Gasteiger partial charge in [0.15, 0.2) is 0 Å². The zero-order chi connectivity index (χ0) is 30.1. The second kappa shape index (κ2) is 11.2. The Hall–Kier alpha value is -4.81. The van der Waals surface area contributed by atoms with Crippen LogP contribution in [0.25, 0.3) is 28.3 Å². The largest absolute Gasteiger partial charge is 0.459 e. The van der Waals surface area contributed by atoms with E-state index < -0.39 is 42.3 Å². The van der Waals surface area contributed by atoms with Gasteiger partial charge in [0, 0.05) is 55.4 Å². The van der Waals surface area contributed by atoms with Gasteiger partial charge in [-0.1, -0.05) is 0 Å². The Morgan fingerprint density at radius 1 is 1.05 bits per heavy atom. The number of halogens is 5. The SMILES string of the molecule is Nc1ccc(C=CC(=O)NCc2cc3cc(-c4ccc(C(=O)N5CCC(F)(F)CC5)cn4)c(C(F)(F)F)cc3o2)cn1. The van der Waals surface area contributed by atoms with Crippen molar-refractivity contribution in [1.29, 1.82) is 0 Å². The molecule has 2 amide bonds. The van der Waals surface area contributed by atoms with Crippen molar-refractivity contribution in [3.05, 3.63) is 83.4 Å². The average molecular weight is 586 g/mol. The summed E-state index contributed by atoms with van der Waals surface area (Å²) < 4.78 is 74.5. The first kappa shape index (κ1) is 28.7. The number of amides is 2. The number of likely N-dealkylation sites (tertiary alicyclic amines) is 1. The number of anilines is 1. The monoisotopic (exact) mass is 585 g/mol. The van der Waals surface area contributed by atoms with Gasteiger partial charge in [-0.25, -0.2) is 13.8 Å². The first-order valence-electron chi connectivity index (χ1n) is 12.8. The van der Waals surface area contributed by atoms with Crippen molar-refractivity contribution in [1.82, 2.24) is 20.2 Å². The Kier molecular flexibility index (Phi) is 7.67. The van der Waals surface area contributed by atoms with Crippen molar-refractivity contribution >= 4 is 34.7 Å². The third-order valence-corrected chi connectivity index (χ3v) is 6.75. The van der Waals surface area contributed by atoms with E-state index in [0.717, 1.165) is 12.3 Å². The molecule has 13 heteroatoms. The Bertz CT molecular complexity index is 1640. The second-order valence-corrected chi connectivity index (χ2v) is 9.79. The number of hydrogen-bond donors (Lipinski definition) is 2. The first-order chi connectivity index (χ1) is 19.9. The third-order valence-electron chi connectivity index (χ3n) is 6.75. The molecule has 3 N–H and O–H groups in total. The van der Waals surface area contributed by atoms with Crippen LogP contribution in [0, 0.1) is 0 Å². The Labute approximate surface area is 236 Å². The maximum absolute atomic E-state index is 14.0. The van der Waals surface area contributed by atoms with Crippen molar-refractivity contribution in [2.45, 2.75) is 31.5 Å². The number of alkyl halides is 5. The summed E-state index contributed by atoms with van der Waals surface area (Å²) in [5.41, 5.74) is 4.96. The van der Waals surface area contributed by atoms with Crippen LogP contribution in [0.2, 0.25) is 0 Å². The summed E-state index contributed by atoms with van der Waals surface area (Å²) in [5, 5.41) is 2.95. The number of carbonyl (C=O) groups is 2. The predicted molar refractivity (Wildman–Crippen MR) is 144 cm³/mol. The molecule has 0 spiro atoms. The van der Waals surface area contributed by atoms with Crippen molar-refractivity contribution in [2.75, 3.05) is 18.8 Å². The van der Waals surface area contributed by atoms with Crippen LogP contribution in [0.5, 0.6) is 0 Å². The fourth-order valence-corrected chi connectivity index (χ4v) is 4.50. The van der Waals surface area contributed by atoms with Crippen LogP contribution in [0.1, 0.15) is 40.1 Å². The quantitative estimate of drug-likeness (QED) is 0.222. The van der Waals surface area contributed by atoms with E-state index in [1.807, 2.05) is 0 Å². The molecule has 3 aromatic heterocycles. The number of nitrogens with zero attached hydrogens (tertiary/aromatic N) is 3. The molecule has 4 heterocycles. The average Bonchev–Trinajstić information content (AvgIpc) is 3.36. The van der Waals surface area contributed by atoms with Crippen LogP contribution < -0.4 is 11.1 Å². The number of benzene rings is 1. The molecule has 0 aliphatic carbocycles. The number of nitrogen functional groups attached to an aromatic ring is 1. The normalized spacial score (nSPS) is 15.3. The van der Waals surface area contributed by atoms with Gasteiger partial charge in [-0.15, -0.1) is 0 Å². The fourth-order valence-electron chi connectivity index (χ4n) is 4.50. The van der Waals surface area contributed by atoms with Gasteiger partial charge >= 0.3 is 6.18 Å². The smallest absolute Gasteiger partial charge is 0.417 e. The molecule has 0 unspecified atom stereocenters. The van der Waals surface area contributed by atoms with Crippen molar-refractivity contribution in [2.24, 2.45) is 0 Å². The summed E-state index contributed by atoms with van der Waals surface area (Å²) in [6.07, 6.45) is -0.218. The molecule has 0 saturated carbocycles. The summed E-state index contributed by atoms with van der Waals surface area (Å²) in [6.45, 7) is -0.323. The zero-order valence-electron chi connectivity index (χ0n) is 21.9. The van der Waals surface area contributed by atoms with E-state index in [0.29, 0.717) is 16.8 Å². The molecular formula is C29H24F5N5O3. The number of nitrogens with one attached hydrogen (secondary N) is 1. The highest BCUT2D eigenvalue weighted by Gasteiger charge is 2.37. The number of hydrogen-bond acceptors (Lipinski definition) is 6. The number of fused-ring (bicyclic) bond motifs is 1. The third kappa shape index (κ3) is 6.56. The highest BCUT2D eigenvalue weighted by molar-refractivity contribution is 5.94. The summed E-state index contributed by atoms with van der Waals surface area (Å²) in [7, 11) is 0. The molecule has 42 heavy (non-hydrogen) atoms. The molecular weight excluding hydrogens is 561 g/mol. The van der Waals surface area contributed by atoms with Crippen molar-refractivity contribution < 1.29 is 36.0 Å². The standard InChI is InChI=1S/C29H24F5N5O3/c30-28(31)7-9-39(10-8-28)27(41)18-3-4-23(36-15-18)21-12-19-11-20(42-24(19)13-22(21)29(32,33)34)16-38-26(40)6-2-17-1-5-25(35)37-14-17/h1-6,11-15H,7-10,16H2,(H2,35,37)(H,38,40). The minimum absolute atomic E-state index is 0.0347. The lowest BCUT2D eigenvalue weighted by Crippen LogP contribution is -2.42. The summed E-state index contributed by atoms with van der Waals surface area (Å²) >= 11 is 0. The first-order valence-corrected chi connectivity index (χ1v) is 12.8. The lowest BCUT2D eigenvalue weighted by molar-refractivity contribution is -0.137. The van der Waals surface area contributed by atoms with Gasteiger partial charge in [0.1, 0.15) is 17.2 Å². The molecule has 1 fully saturated rings. The topological polar surface area (TPSA) is 114 Å². The van der Waals surface area contributed by atoms with E-state index >= 15 is 0 Å². The molecule has 4 aromatic rings. The molecule has 1 saturated heterocycles. The van der Waals surface area contributed by atoms with Crippen molar-refractivity contribution in [3.63, 3.8) is 0 Å². The van der Waals surface area contributed by atoms with Crippen LogP contribution in [0.4, 0.5) is 27.8 Å². The van der Waals surface area contributed by atoms with Gasteiger partial charge in [-0.2, -0.15) is 13.2 Å². The Morgan fingerprint density at radius 3 is 2.45 bits per heavy atom. The molecule has 5 rings (SSSR count). The Balaban J connectivity index is 1.33. The molecule has 1 aliphatic rings. The number of piperidine rings is 1. The van der Waals surface area contributed by atoms with Crippen LogP contribution >= 0.6 is 0 Å². The lowest BCUT2D eigenvalue weighted by atomic mass is 10.0. The fraction of sp³-hybridized carbons (Fsp3) is 0.241. The maximum Gasteiger partial charge on any atom is 0.417 e. The summed E-state index contributed by atoms with van der Waals surface area (Å²) in [6, 6.07) is 9.52. The zero-order valence-corrected chi connectivity index (χ0v) is 21.9. The molecule has 0 radical (unpaired) electrons. The summed E-state index contributed by atoms with van der Waals surface area (Å²) in [5.74, 6) is -3.23. The molecule has 1 aliphatic heterocycles. The van der Waals surface area contributed by atoms with Crippen LogP contribution in [-0.2, 0) is 17.5 Å². The van der Waals surface area contributed by atoms with E-state index in [2.05, 4.69) is 15.3 Å². The number of aromatic nitrogens is 2. The highest BCUT2D eigenvalue weighted by atomic mass is 19.4. The van der Waals surface area contributed by atoms with Gasteiger partial charge in [0.2, 0.25) is 5.91 Å². The van der Waals surface area contributed by atoms with E-state index in [9.17, 15) is 31.5 Å². The molecule has 218 valence electrons. The van der Waals surface area contributed by atoms with E-state index in [1.165, 1.54) is 47.5 Å². The van der Waals surface area contributed by atoms with Gasteiger partial charge in [-0.3, -0.25) is 14.6 Å². The van der Waals surface area contributed by atoms with Crippen LogP contribution in [0.3, 0.4) is 0 Å². The van der Waals surface area contributed by atoms with Crippen LogP contribution in [-0.4, -0.2) is 45.7 Å². The molecule has 8 nitrogen and oxygen atoms in total. The lowest BCUT2D eigenvalue weighted by Gasteiger charge is -2.31. The predicted octanol–water partition coefficient (Wildman–Crippen LogP) is 5.69. The number of furan rings is 1. The highest BCUT2D eigenvalue weighted by Crippen LogP contribution is 2.40. The number of rotatable bonds is 6. The minimum atomic E-state index is -4.75. The van der Waals surface area contributed by atoms with Crippen LogP contribution in [0.15, 0.2) is 65.4 Å². The van der Waals surface area contributed by atoms with E-state index in [-0.39, 0.29) is 47.8 Å². The molecule has 1 aromatic carbocycles. The molecule has 0 atom stereocenters. The number of carbonyl (C=O) groups excluding carboxylic acids is 2. The van der Waals surface area contributed by atoms with E-state index in [1.54, 1.807) is 12.1 Å². The maximum atomic E-state index is 14.0. The molecule has 0 bridgehead atoms. The summed E-state index contributed by atoms with van der Waals surface area (Å²) in [4.78, 5) is 34.2. The minimum Gasteiger partial charge on any atom is -0.459 e. The van der Waals surface area contributed by atoms with E-state index in [4.69, 9.17) is 10.2 Å². The van der Waals surface area contributed by atoms with Gasteiger partial charge in [-0.05, 0) is 54.1 Å². The van der Waals surface area contributed by atoms with Crippen molar-refractivity contribution in [3.8, 4) is 11.3 Å². The van der Waals surface area contributed by atoms with Gasteiger partial charge in [0.05, 0.1) is 23.4 Å². The van der Waals surface area contributed by atoms with Gasteiger partial charge in [0.25, 0.3) is 11.8 Å². The number of nitrogens with two attached hydrogens (primary N) is 1.